The molecule has 2 unspecified atom stereocenters. The van der Waals surface area contributed by atoms with Gasteiger partial charge in [0.2, 0.25) is 0 Å². The predicted molar refractivity (Wildman–Crippen MR) is 42.4 cm³/mol. The molecule has 0 spiro atoms. The summed E-state index contributed by atoms with van der Waals surface area (Å²) in [5.41, 5.74) is 0.534. The lowest BCUT2D eigenvalue weighted by atomic mass is 10.2. The summed E-state index contributed by atoms with van der Waals surface area (Å²) in [6.07, 6.45) is 0.700. The highest BCUT2D eigenvalue weighted by Crippen LogP contribution is 2.14. The molecule has 68 valence electrons. The van der Waals surface area contributed by atoms with E-state index in [1.54, 1.807) is 32.0 Å². The van der Waals surface area contributed by atoms with Crippen LogP contribution in [0.3, 0.4) is 0 Å². The lowest BCUT2D eigenvalue weighted by Gasteiger charge is -2.13. The average molecular weight is 171 g/mol. The zero-order valence-electron chi connectivity index (χ0n) is 7.43. The fraction of sp³-hybridized carbons (Fsp3) is 0.714. The van der Waals surface area contributed by atoms with Crippen molar-refractivity contribution < 1.29 is 9.84 Å². The summed E-state index contributed by atoms with van der Waals surface area (Å²) in [6, 6.07) is 0. The number of ether oxygens (including phenoxy) is 1. The SMILES string of the molecule is COC(C)C(O)c1cn(C)nn1. The van der Waals surface area contributed by atoms with Crippen molar-refractivity contribution in [3.63, 3.8) is 0 Å². The van der Waals surface area contributed by atoms with Gasteiger partial charge in [-0.25, -0.2) is 0 Å². The fourth-order valence-corrected chi connectivity index (χ4v) is 0.870. The van der Waals surface area contributed by atoms with E-state index in [1.807, 2.05) is 0 Å². The number of rotatable bonds is 3. The summed E-state index contributed by atoms with van der Waals surface area (Å²) >= 11 is 0. The zero-order valence-corrected chi connectivity index (χ0v) is 7.43. The van der Waals surface area contributed by atoms with Gasteiger partial charge in [0.15, 0.2) is 0 Å². The smallest absolute Gasteiger partial charge is 0.125 e. The third kappa shape index (κ3) is 1.80. The second kappa shape index (κ2) is 3.64. The molecule has 5 nitrogen and oxygen atoms in total. The standard InChI is InChI=1S/C7H13N3O2/c1-5(12-3)7(11)6-4-10(2)9-8-6/h4-5,7,11H,1-3H3. The number of hydrogen-bond acceptors (Lipinski definition) is 4. The Balaban J connectivity index is 2.70. The van der Waals surface area contributed by atoms with Gasteiger partial charge in [-0.3, -0.25) is 4.68 Å². The second-order valence-electron chi connectivity index (χ2n) is 2.70. The van der Waals surface area contributed by atoms with Crippen molar-refractivity contribution in [2.75, 3.05) is 7.11 Å². The Morgan fingerprint density at radius 2 is 2.33 bits per heavy atom. The van der Waals surface area contributed by atoms with Crippen LogP contribution in [0.25, 0.3) is 0 Å². The number of aliphatic hydroxyl groups is 1. The summed E-state index contributed by atoms with van der Waals surface area (Å²) in [7, 11) is 3.30. The number of nitrogens with zero attached hydrogens (tertiary/aromatic N) is 3. The Labute approximate surface area is 71.0 Å². The molecular weight excluding hydrogens is 158 g/mol. The Morgan fingerprint density at radius 1 is 1.67 bits per heavy atom. The van der Waals surface area contributed by atoms with Gasteiger partial charge in [0.05, 0.1) is 12.3 Å². The van der Waals surface area contributed by atoms with Crippen LogP contribution in [0.1, 0.15) is 18.7 Å². The Kier molecular flexibility index (Phi) is 2.78. The average Bonchev–Trinajstić information content (AvgIpc) is 2.49. The third-order valence-corrected chi connectivity index (χ3v) is 1.74. The van der Waals surface area contributed by atoms with E-state index in [-0.39, 0.29) is 6.10 Å². The molecule has 0 fully saturated rings. The number of aromatic nitrogens is 3. The summed E-state index contributed by atoms with van der Waals surface area (Å²) in [5, 5.41) is 17.0. The Morgan fingerprint density at radius 3 is 2.75 bits per heavy atom. The monoisotopic (exact) mass is 171 g/mol. The maximum atomic E-state index is 9.56. The van der Waals surface area contributed by atoms with E-state index in [9.17, 15) is 5.11 Å². The van der Waals surface area contributed by atoms with Gasteiger partial charge >= 0.3 is 0 Å². The van der Waals surface area contributed by atoms with Crippen LogP contribution in [0.4, 0.5) is 0 Å². The maximum absolute atomic E-state index is 9.56. The van der Waals surface area contributed by atoms with Gasteiger partial charge in [0.25, 0.3) is 0 Å². The van der Waals surface area contributed by atoms with Crippen LogP contribution in [0.15, 0.2) is 6.20 Å². The van der Waals surface area contributed by atoms with Gasteiger partial charge in [-0.15, -0.1) is 5.10 Å². The van der Waals surface area contributed by atoms with E-state index in [0.717, 1.165) is 0 Å². The first-order valence-electron chi connectivity index (χ1n) is 3.72. The summed E-state index contributed by atoms with van der Waals surface area (Å²) in [5.74, 6) is 0. The van der Waals surface area contributed by atoms with Crippen molar-refractivity contribution in [2.24, 2.45) is 7.05 Å². The quantitative estimate of drug-likeness (QED) is 0.689. The predicted octanol–water partition coefficient (Wildman–Crippen LogP) is -0.117. The van der Waals surface area contributed by atoms with E-state index in [4.69, 9.17) is 4.74 Å². The molecule has 0 radical (unpaired) electrons. The maximum Gasteiger partial charge on any atom is 0.125 e. The molecular formula is C7H13N3O2. The molecule has 12 heavy (non-hydrogen) atoms. The summed E-state index contributed by atoms with van der Waals surface area (Å²) in [4.78, 5) is 0. The molecule has 0 aliphatic rings. The van der Waals surface area contributed by atoms with E-state index in [1.165, 1.54) is 0 Å². The van der Waals surface area contributed by atoms with Crippen molar-refractivity contribution in [1.29, 1.82) is 0 Å². The lowest BCUT2D eigenvalue weighted by molar-refractivity contribution is -0.00365. The van der Waals surface area contributed by atoms with E-state index >= 15 is 0 Å². The molecule has 1 aromatic heterocycles. The fourth-order valence-electron chi connectivity index (χ4n) is 0.870. The van der Waals surface area contributed by atoms with Crippen LogP contribution in [0.5, 0.6) is 0 Å². The van der Waals surface area contributed by atoms with Crippen molar-refractivity contribution in [2.45, 2.75) is 19.1 Å². The lowest BCUT2D eigenvalue weighted by Crippen LogP contribution is -2.17. The molecule has 0 amide bonds. The summed E-state index contributed by atoms with van der Waals surface area (Å²) in [6.45, 7) is 1.78. The highest BCUT2D eigenvalue weighted by molar-refractivity contribution is 4.98. The second-order valence-corrected chi connectivity index (χ2v) is 2.70. The van der Waals surface area contributed by atoms with Crippen LogP contribution < -0.4 is 0 Å². The van der Waals surface area contributed by atoms with E-state index < -0.39 is 6.10 Å². The largest absolute Gasteiger partial charge is 0.384 e. The number of aliphatic hydroxyl groups excluding tert-OH is 1. The topological polar surface area (TPSA) is 60.2 Å². The van der Waals surface area contributed by atoms with Crippen LogP contribution >= 0.6 is 0 Å². The van der Waals surface area contributed by atoms with Gasteiger partial charge in [-0.05, 0) is 6.92 Å². The molecule has 0 saturated heterocycles. The van der Waals surface area contributed by atoms with Gasteiger partial charge in [-0.2, -0.15) is 0 Å². The van der Waals surface area contributed by atoms with Gasteiger partial charge in [0.1, 0.15) is 11.8 Å². The molecule has 5 heteroatoms. The minimum absolute atomic E-state index is 0.262. The minimum atomic E-state index is -0.705. The molecule has 0 aliphatic carbocycles. The first-order chi connectivity index (χ1) is 5.65. The molecule has 1 heterocycles. The molecule has 2 atom stereocenters. The van der Waals surface area contributed by atoms with E-state index in [0.29, 0.717) is 5.69 Å². The molecule has 1 rings (SSSR count). The number of methoxy groups -OCH3 is 1. The van der Waals surface area contributed by atoms with Crippen molar-refractivity contribution >= 4 is 0 Å². The van der Waals surface area contributed by atoms with Crippen molar-refractivity contribution in [1.82, 2.24) is 15.0 Å². The summed E-state index contributed by atoms with van der Waals surface area (Å²) < 4.78 is 6.49. The number of aryl methyl sites for hydroxylation is 1. The van der Waals surface area contributed by atoms with Crippen molar-refractivity contribution in [3.8, 4) is 0 Å². The van der Waals surface area contributed by atoms with Crippen LogP contribution in [0.2, 0.25) is 0 Å². The highest BCUT2D eigenvalue weighted by atomic mass is 16.5. The van der Waals surface area contributed by atoms with E-state index in [2.05, 4.69) is 10.3 Å². The van der Waals surface area contributed by atoms with Gasteiger partial charge in [-0.1, -0.05) is 5.21 Å². The molecule has 1 N–H and O–H groups in total. The van der Waals surface area contributed by atoms with Crippen LogP contribution in [-0.4, -0.2) is 33.3 Å². The highest BCUT2D eigenvalue weighted by Gasteiger charge is 2.18. The van der Waals surface area contributed by atoms with Crippen molar-refractivity contribution in [3.05, 3.63) is 11.9 Å². The van der Waals surface area contributed by atoms with Crippen LogP contribution in [0, 0.1) is 0 Å². The molecule has 0 aromatic carbocycles. The normalized spacial score (nSPS) is 16.0. The minimum Gasteiger partial charge on any atom is -0.384 e. The van der Waals surface area contributed by atoms with Gasteiger partial charge in [0, 0.05) is 14.2 Å². The third-order valence-electron chi connectivity index (χ3n) is 1.74. The Hall–Kier alpha value is -0.940. The number of hydrogen-bond donors (Lipinski definition) is 1. The molecule has 0 bridgehead atoms. The Bertz CT molecular complexity index is 249. The zero-order chi connectivity index (χ0) is 9.14. The molecule has 0 saturated carbocycles. The molecule has 0 aliphatic heterocycles. The first kappa shape index (κ1) is 9.15. The molecule has 1 aromatic rings. The van der Waals surface area contributed by atoms with Crippen LogP contribution in [-0.2, 0) is 11.8 Å². The van der Waals surface area contributed by atoms with Gasteiger partial charge < -0.3 is 9.84 Å². The first-order valence-corrected chi connectivity index (χ1v) is 3.72.